The van der Waals surface area contributed by atoms with Gasteiger partial charge in [0.25, 0.3) is 0 Å². The summed E-state index contributed by atoms with van der Waals surface area (Å²) in [6.45, 7) is 6.30. The summed E-state index contributed by atoms with van der Waals surface area (Å²) >= 11 is 0. The molecule has 0 aromatic carbocycles. The molecule has 0 radical (unpaired) electrons. The summed E-state index contributed by atoms with van der Waals surface area (Å²) in [6, 6.07) is 0. The number of esters is 3. The van der Waals surface area contributed by atoms with Gasteiger partial charge in [0, 0.05) is 19.3 Å². The number of hydrogen-bond acceptors (Lipinski definition) is 6. The molecule has 6 heteroatoms. The van der Waals surface area contributed by atoms with Gasteiger partial charge in [-0.1, -0.05) is 169 Å². The van der Waals surface area contributed by atoms with Crippen LogP contribution < -0.4 is 0 Å². The third-order valence-corrected chi connectivity index (χ3v) is 8.83. The smallest absolute Gasteiger partial charge is 0.306 e. The zero-order chi connectivity index (χ0) is 40.8. The molecule has 56 heavy (non-hydrogen) atoms. The monoisotopic (exact) mass is 777 g/mol. The molecule has 0 fully saturated rings. The van der Waals surface area contributed by atoms with Crippen LogP contribution in [-0.4, -0.2) is 37.2 Å². The van der Waals surface area contributed by atoms with Gasteiger partial charge in [-0.25, -0.2) is 0 Å². The number of unbranched alkanes of at least 4 members (excludes halogenated alkanes) is 12. The fourth-order valence-electron chi connectivity index (χ4n) is 5.45. The molecule has 6 nitrogen and oxygen atoms in total. The molecule has 0 saturated carbocycles. The van der Waals surface area contributed by atoms with Crippen molar-refractivity contribution in [1.82, 2.24) is 0 Å². The molecule has 0 saturated heterocycles. The van der Waals surface area contributed by atoms with Gasteiger partial charge < -0.3 is 14.2 Å². The maximum absolute atomic E-state index is 12.7. The van der Waals surface area contributed by atoms with Gasteiger partial charge in [0.05, 0.1) is 0 Å². The van der Waals surface area contributed by atoms with E-state index in [0.717, 1.165) is 89.9 Å². The van der Waals surface area contributed by atoms with Crippen LogP contribution in [0.3, 0.4) is 0 Å². The van der Waals surface area contributed by atoms with Gasteiger partial charge in [-0.3, -0.25) is 14.4 Å². The minimum absolute atomic E-state index is 0.118. The molecule has 0 aliphatic heterocycles. The summed E-state index contributed by atoms with van der Waals surface area (Å²) in [5, 5.41) is 0. The van der Waals surface area contributed by atoms with Crippen LogP contribution in [0.5, 0.6) is 0 Å². The molecule has 0 aliphatic carbocycles. The van der Waals surface area contributed by atoms with E-state index < -0.39 is 6.10 Å². The normalized spacial score (nSPS) is 13.0. The Bertz CT molecular complexity index is 1170. The first-order chi connectivity index (χ1) is 27.5. The molecule has 316 valence electrons. The third-order valence-electron chi connectivity index (χ3n) is 8.83. The fourth-order valence-corrected chi connectivity index (χ4v) is 5.45. The highest BCUT2D eigenvalue weighted by Gasteiger charge is 2.19. The van der Waals surface area contributed by atoms with E-state index in [1.807, 2.05) is 12.2 Å². The van der Waals surface area contributed by atoms with Crippen molar-refractivity contribution in [2.75, 3.05) is 13.2 Å². The average Bonchev–Trinajstić information content (AvgIpc) is 3.19. The molecule has 0 aromatic heterocycles. The Labute approximate surface area is 343 Å². The van der Waals surface area contributed by atoms with Crippen molar-refractivity contribution in [1.29, 1.82) is 0 Å². The Kier molecular flexibility index (Phi) is 41.2. The molecule has 0 aliphatic rings. The number of carbonyl (C=O) groups is 3. The van der Waals surface area contributed by atoms with Gasteiger partial charge in [-0.05, 0) is 89.9 Å². The zero-order valence-corrected chi connectivity index (χ0v) is 35.9. The summed E-state index contributed by atoms with van der Waals surface area (Å²) in [5.74, 6) is -1.05. The molecule has 0 rings (SSSR count). The third kappa shape index (κ3) is 41.5. The maximum Gasteiger partial charge on any atom is 0.306 e. The first-order valence-corrected chi connectivity index (χ1v) is 22.3. The van der Waals surface area contributed by atoms with Crippen LogP contribution in [-0.2, 0) is 28.6 Å². The largest absolute Gasteiger partial charge is 0.462 e. The second kappa shape index (κ2) is 44.0. The summed E-state index contributed by atoms with van der Waals surface area (Å²) in [7, 11) is 0. The lowest BCUT2D eigenvalue weighted by Crippen LogP contribution is -2.30. The molecule has 0 heterocycles. The quantitative estimate of drug-likeness (QED) is 0.0204. The van der Waals surface area contributed by atoms with E-state index in [0.29, 0.717) is 19.3 Å². The number of rotatable bonds is 38. The fraction of sp³-hybridized carbons (Fsp3) is 0.620. The topological polar surface area (TPSA) is 78.9 Å². The van der Waals surface area contributed by atoms with Crippen LogP contribution >= 0.6 is 0 Å². The minimum atomic E-state index is -0.822. The van der Waals surface area contributed by atoms with Gasteiger partial charge in [0.1, 0.15) is 13.2 Å². The van der Waals surface area contributed by atoms with E-state index >= 15 is 0 Å². The summed E-state index contributed by atoms with van der Waals surface area (Å²) in [6.07, 6.45) is 56.9. The maximum atomic E-state index is 12.7. The molecule has 0 bridgehead atoms. The van der Waals surface area contributed by atoms with Gasteiger partial charge in [-0.15, -0.1) is 0 Å². The lowest BCUT2D eigenvalue weighted by Gasteiger charge is -2.18. The zero-order valence-electron chi connectivity index (χ0n) is 35.9. The van der Waals surface area contributed by atoms with Gasteiger partial charge in [-0.2, -0.15) is 0 Å². The van der Waals surface area contributed by atoms with Crippen LogP contribution in [0, 0.1) is 0 Å². The molecule has 0 amide bonds. The predicted octanol–water partition coefficient (Wildman–Crippen LogP) is 14.2. The van der Waals surface area contributed by atoms with Crippen LogP contribution in [0.2, 0.25) is 0 Å². The summed E-state index contributed by atoms with van der Waals surface area (Å²) in [4.78, 5) is 37.6. The van der Waals surface area contributed by atoms with Crippen molar-refractivity contribution >= 4 is 17.9 Å². The van der Waals surface area contributed by atoms with Crippen molar-refractivity contribution in [3.8, 4) is 0 Å². The Morgan fingerprint density at radius 1 is 0.393 bits per heavy atom. The predicted molar refractivity (Wildman–Crippen MR) is 237 cm³/mol. The van der Waals surface area contributed by atoms with Gasteiger partial charge in [0.2, 0.25) is 0 Å². The Balaban J connectivity index is 4.55. The standard InChI is InChI=1S/C50H80O6/c1-4-7-10-13-16-19-22-23-24-25-26-29-31-34-37-40-43-49(52)55-46-47(56-50(53)44-41-38-35-32-28-21-18-15-12-9-6-3)45-54-48(51)42-39-36-33-30-27-20-17-14-11-8-5-2/h7,10,14-19,21,23-24,26,28-29,34,37,47H,4-6,8-9,11-13,20,22,25,27,30-33,35-36,38-46H2,1-3H3/b10-7-,17-14-,18-15-,19-16-,24-23-,28-21-,29-26-,37-34-. The number of allylic oxidation sites excluding steroid dienone is 16. The van der Waals surface area contributed by atoms with Gasteiger partial charge >= 0.3 is 17.9 Å². The van der Waals surface area contributed by atoms with E-state index in [1.54, 1.807) is 0 Å². The molecule has 0 spiro atoms. The first kappa shape index (κ1) is 52.3. The average molecular weight is 777 g/mol. The highest BCUT2D eigenvalue weighted by molar-refractivity contribution is 5.71. The number of carbonyl (C=O) groups excluding carboxylic acids is 3. The van der Waals surface area contributed by atoms with Gasteiger partial charge in [0.15, 0.2) is 6.10 Å². The van der Waals surface area contributed by atoms with E-state index in [2.05, 4.69) is 106 Å². The lowest BCUT2D eigenvalue weighted by atomic mass is 10.1. The van der Waals surface area contributed by atoms with Crippen molar-refractivity contribution in [3.05, 3.63) is 97.2 Å². The first-order valence-electron chi connectivity index (χ1n) is 22.3. The van der Waals surface area contributed by atoms with E-state index in [9.17, 15) is 14.4 Å². The SMILES string of the molecule is CC/C=C\C/C=C\C/C=C\C/C=C\C/C=C\CCC(=O)OCC(COC(=O)CCCCCCC/C=C\CCCC)OC(=O)CCCCC/C=C\C=C/CCCC. The lowest BCUT2D eigenvalue weighted by molar-refractivity contribution is -0.166. The molecular formula is C50H80O6. The van der Waals surface area contributed by atoms with E-state index in [-0.39, 0.29) is 44.0 Å². The Morgan fingerprint density at radius 2 is 0.786 bits per heavy atom. The number of ether oxygens (including phenoxy) is 3. The van der Waals surface area contributed by atoms with Crippen LogP contribution in [0.25, 0.3) is 0 Å². The van der Waals surface area contributed by atoms with Crippen molar-refractivity contribution < 1.29 is 28.6 Å². The Hall–Kier alpha value is -3.67. The highest BCUT2D eigenvalue weighted by atomic mass is 16.6. The van der Waals surface area contributed by atoms with Crippen LogP contribution in [0.1, 0.15) is 181 Å². The second-order valence-corrected chi connectivity index (χ2v) is 14.2. The van der Waals surface area contributed by atoms with E-state index in [4.69, 9.17) is 14.2 Å². The highest BCUT2D eigenvalue weighted by Crippen LogP contribution is 2.11. The van der Waals surface area contributed by atoms with Crippen molar-refractivity contribution in [2.24, 2.45) is 0 Å². The van der Waals surface area contributed by atoms with Crippen molar-refractivity contribution in [2.45, 2.75) is 187 Å². The second-order valence-electron chi connectivity index (χ2n) is 14.2. The Morgan fingerprint density at radius 3 is 1.34 bits per heavy atom. The summed E-state index contributed by atoms with van der Waals surface area (Å²) in [5.41, 5.74) is 0. The molecular weight excluding hydrogens is 697 g/mol. The van der Waals surface area contributed by atoms with Crippen LogP contribution in [0.15, 0.2) is 97.2 Å². The molecule has 1 unspecified atom stereocenters. The summed E-state index contributed by atoms with van der Waals surface area (Å²) < 4.78 is 16.6. The number of hydrogen-bond donors (Lipinski definition) is 0. The minimum Gasteiger partial charge on any atom is -0.462 e. The molecule has 1 atom stereocenters. The molecule has 0 aromatic rings. The van der Waals surface area contributed by atoms with Crippen LogP contribution in [0.4, 0.5) is 0 Å². The molecule has 0 N–H and O–H groups in total. The van der Waals surface area contributed by atoms with Crippen molar-refractivity contribution in [3.63, 3.8) is 0 Å². The van der Waals surface area contributed by atoms with E-state index in [1.165, 1.54) is 38.5 Å².